The zero-order valence-corrected chi connectivity index (χ0v) is 58.7. The fourth-order valence-electron chi connectivity index (χ4n) is 13.7. The Labute approximate surface area is 580 Å². The van der Waals surface area contributed by atoms with Crippen molar-refractivity contribution in [3.8, 4) is 0 Å². The number of aliphatic hydroxyl groups is 16. The van der Waals surface area contributed by atoms with Crippen molar-refractivity contribution in [2.24, 2.45) is 11.8 Å². The Morgan fingerprint density at radius 2 is 0.908 bits per heavy atom. The third-order valence-corrected chi connectivity index (χ3v) is 20.1. The number of carbonyl (C=O) groups excluding carboxylic acids is 1. The highest BCUT2D eigenvalue weighted by atomic mass is 16.8. The highest BCUT2D eigenvalue weighted by Gasteiger charge is 2.57. The van der Waals surface area contributed by atoms with Crippen molar-refractivity contribution in [1.29, 1.82) is 0 Å². The van der Waals surface area contributed by atoms with Crippen LogP contribution in [0.2, 0.25) is 0 Å². The van der Waals surface area contributed by atoms with E-state index in [1.165, 1.54) is 129 Å². The van der Waals surface area contributed by atoms with Gasteiger partial charge in [0.25, 0.3) is 0 Å². The van der Waals surface area contributed by atoms with Crippen LogP contribution in [0.4, 0.5) is 0 Å². The lowest BCUT2D eigenvalue weighted by atomic mass is 9.87. The second-order valence-corrected chi connectivity index (χ2v) is 28.0. The maximum Gasteiger partial charge on any atom is 0.220 e. The Morgan fingerprint density at radius 3 is 1.45 bits per heavy atom. The number of hydrogen-bond acceptors (Lipinski definition) is 27. The molecule has 1 amide bonds. The summed E-state index contributed by atoms with van der Waals surface area (Å²) in [5, 5.41) is 178. The summed E-state index contributed by atoms with van der Waals surface area (Å²) in [5.74, 6) is -2.36. The third-order valence-electron chi connectivity index (χ3n) is 20.1. The molecule has 98 heavy (non-hydrogen) atoms. The molecular weight excluding hydrogens is 1290 g/mol. The van der Waals surface area contributed by atoms with Gasteiger partial charge in [-0.1, -0.05) is 194 Å². The lowest BCUT2D eigenvalue weighted by Gasteiger charge is -2.51. The predicted molar refractivity (Wildman–Crippen MR) is 355 cm³/mol. The maximum atomic E-state index is 13.5. The molecule has 28 nitrogen and oxygen atoms in total. The molecule has 576 valence electrons. The highest BCUT2D eigenvalue weighted by Crippen LogP contribution is 2.39. The Balaban J connectivity index is 1.29. The monoisotopic (exact) mass is 1420 g/mol. The smallest absolute Gasteiger partial charge is 0.220 e. The molecule has 0 spiro atoms. The molecule has 5 saturated heterocycles. The number of nitrogens with one attached hydrogen (secondary N) is 1. The van der Waals surface area contributed by atoms with Crippen LogP contribution in [0.15, 0.2) is 12.2 Å². The van der Waals surface area contributed by atoms with Gasteiger partial charge in [-0.25, -0.2) is 0 Å². The van der Waals surface area contributed by atoms with Gasteiger partial charge in [0, 0.05) is 24.7 Å². The van der Waals surface area contributed by atoms with Gasteiger partial charge in [-0.2, -0.15) is 0 Å². The van der Waals surface area contributed by atoms with Gasteiger partial charge in [0.05, 0.1) is 70.1 Å². The van der Waals surface area contributed by atoms with Gasteiger partial charge < -0.3 is 134 Å². The summed E-state index contributed by atoms with van der Waals surface area (Å²) in [6, 6.07) is -1.05. The van der Waals surface area contributed by atoms with Crippen molar-refractivity contribution in [3.63, 3.8) is 0 Å². The highest BCUT2D eigenvalue weighted by molar-refractivity contribution is 5.76. The van der Waals surface area contributed by atoms with Crippen LogP contribution < -0.4 is 5.32 Å². The van der Waals surface area contributed by atoms with Crippen LogP contribution in [0.5, 0.6) is 0 Å². The Bertz CT molecular complexity index is 2090. The van der Waals surface area contributed by atoms with Crippen LogP contribution in [0.1, 0.15) is 214 Å². The molecule has 5 aliphatic rings. The van der Waals surface area contributed by atoms with E-state index in [0.29, 0.717) is 12.8 Å². The lowest BCUT2D eigenvalue weighted by Crippen LogP contribution is -2.67. The number of aliphatic hydroxyl groups excluding tert-OH is 16. The summed E-state index contributed by atoms with van der Waals surface area (Å²) in [5.41, 5.74) is 0. The van der Waals surface area contributed by atoms with Crippen LogP contribution in [0.25, 0.3) is 0 Å². The summed E-state index contributed by atoms with van der Waals surface area (Å²) >= 11 is 0. The van der Waals surface area contributed by atoms with Gasteiger partial charge in [-0.05, 0) is 19.3 Å². The van der Waals surface area contributed by atoms with Crippen LogP contribution in [-0.4, -0.2) is 287 Å². The predicted octanol–water partition coefficient (Wildman–Crippen LogP) is 1.77. The Hall–Kier alpha value is -1.83. The number of unbranched alkanes of at least 4 members (excludes halogenated alkanes) is 25. The van der Waals surface area contributed by atoms with E-state index in [0.717, 1.165) is 44.9 Å². The number of allylic oxidation sites excluding steroid dienone is 1. The van der Waals surface area contributed by atoms with Gasteiger partial charge in [0.1, 0.15) is 97.7 Å². The van der Waals surface area contributed by atoms with Gasteiger partial charge in [0.2, 0.25) is 5.91 Å². The van der Waals surface area contributed by atoms with Gasteiger partial charge >= 0.3 is 0 Å². The molecular formula is C70H129NO27. The number of ether oxygens (including phenoxy) is 10. The molecule has 17 N–H and O–H groups in total. The van der Waals surface area contributed by atoms with E-state index in [1.54, 1.807) is 6.08 Å². The van der Waals surface area contributed by atoms with Crippen LogP contribution >= 0.6 is 0 Å². The molecule has 28 atom stereocenters. The number of carbonyl (C=O) groups is 1. The van der Waals surface area contributed by atoms with E-state index in [-0.39, 0.29) is 18.7 Å². The first-order valence-corrected chi connectivity index (χ1v) is 37.2. The topological polar surface area (TPSA) is 445 Å². The van der Waals surface area contributed by atoms with E-state index < -0.39 is 211 Å². The zero-order valence-electron chi connectivity index (χ0n) is 58.7. The van der Waals surface area contributed by atoms with Crippen molar-refractivity contribution in [2.75, 3.05) is 39.6 Å². The van der Waals surface area contributed by atoms with E-state index in [1.807, 2.05) is 6.08 Å². The molecule has 0 aromatic rings. The number of hydrogen-bond donors (Lipinski definition) is 17. The number of rotatable bonds is 49. The molecule has 5 rings (SSSR count). The first kappa shape index (κ1) is 86.8. The van der Waals surface area contributed by atoms with Gasteiger partial charge in [-0.15, -0.1) is 0 Å². The van der Waals surface area contributed by atoms with Crippen molar-refractivity contribution in [2.45, 2.75) is 373 Å². The molecule has 0 saturated carbocycles. The normalized spacial score (nSPS) is 36.1. The van der Waals surface area contributed by atoms with Crippen molar-refractivity contribution in [1.82, 2.24) is 5.32 Å². The molecule has 0 aliphatic carbocycles. The summed E-state index contributed by atoms with van der Waals surface area (Å²) in [6.45, 7) is 2.54. The molecule has 5 heterocycles. The van der Waals surface area contributed by atoms with Crippen LogP contribution in [0, 0.1) is 11.8 Å². The van der Waals surface area contributed by atoms with Gasteiger partial charge in [-0.3, -0.25) is 4.79 Å². The maximum absolute atomic E-state index is 13.5. The fraction of sp³-hybridized carbons (Fsp3) is 0.957. The summed E-state index contributed by atoms with van der Waals surface area (Å²) in [7, 11) is 0. The SMILES string of the molecule is CCCCCCCCCCCCCCC/C=C/[C@@H](O)[C@H](CO[C@@H]1OC(CO)[C@@H](O[C@@H]2OC(CO)[C@H](O[C@@H]3OC(CO)[C@H](O)[C@H](O[C@@H]4OC(CO)[C@H](O)[C@H](O)C4O)C3C)[C@H](OC3C[C@@H](O)[C@@H](C)C([C@H](O)[C@H](O)CO)O3)C2O)[C@H](O)C1O)NC(=O)CCCCCCCCCCCCCCC. The van der Waals surface area contributed by atoms with Crippen molar-refractivity contribution < 1.29 is 134 Å². The molecule has 10 unspecified atom stereocenters. The molecule has 5 aliphatic heterocycles. The second-order valence-electron chi connectivity index (χ2n) is 28.0. The first-order chi connectivity index (χ1) is 47.2. The van der Waals surface area contributed by atoms with E-state index in [4.69, 9.17) is 47.4 Å². The Kier molecular flexibility index (Phi) is 42.2. The average Bonchev–Trinajstić information content (AvgIpc) is 0.765. The molecule has 28 heteroatoms. The Morgan fingerprint density at radius 1 is 0.459 bits per heavy atom. The van der Waals surface area contributed by atoms with E-state index in [9.17, 15) is 86.5 Å². The van der Waals surface area contributed by atoms with E-state index in [2.05, 4.69) is 19.2 Å². The minimum Gasteiger partial charge on any atom is -0.394 e. The molecule has 0 aromatic heterocycles. The van der Waals surface area contributed by atoms with Crippen molar-refractivity contribution in [3.05, 3.63) is 12.2 Å². The second kappa shape index (κ2) is 47.6. The van der Waals surface area contributed by atoms with E-state index >= 15 is 0 Å². The largest absolute Gasteiger partial charge is 0.394 e. The van der Waals surface area contributed by atoms with Crippen molar-refractivity contribution >= 4 is 5.91 Å². The lowest BCUT2D eigenvalue weighted by molar-refractivity contribution is -0.396. The third kappa shape index (κ3) is 27.3. The first-order valence-electron chi connectivity index (χ1n) is 37.2. The summed E-state index contributed by atoms with van der Waals surface area (Å²) in [6.07, 6.45) is -7.82. The minimum atomic E-state index is -2.10. The minimum absolute atomic E-state index is 0.195. The molecule has 0 aromatic carbocycles. The van der Waals surface area contributed by atoms with Gasteiger partial charge in [0.15, 0.2) is 31.5 Å². The standard InChI is InChI=1S/C70H129NO27/c1-5-7-9-11-13-15-17-19-20-22-23-25-27-29-31-33-45(77)44(71-52(80)34-32-30-28-26-24-21-18-16-14-12-10-8-6-2)41-89-68-60(87)58(85)64(50(39-75)92-68)97-70-61(88)66(95-53-35-46(78)42(3)62(94-53)54(81)47(79)36-72)65(51(40-76)93-70)98-67-43(4)63(56(83)49(38-74)90-67)96-69-59(86)57(84)55(82)48(37-73)91-69/h31,33,42-51,53-70,72-79,81-88H,5-30,32,34-41H2,1-4H3,(H,71,80)/b33-31+/t42-,43?,44+,45-,46-,47-,48?,49?,50?,51?,53?,54-,55+,56+,57+,58-,59?,60?,61?,62?,63-,64-,65+,66-,67+,68-,69+,70+/m1/s1. The fourth-order valence-corrected chi connectivity index (χ4v) is 13.7. The average molecular weight is 1420 g/mol. The quantitative estimate of drug-likeness (QED) is 0.0305. The number of amides is 1. The summed E-state index contributed by atoms with van der Waals surface area (Å²) < 4.78 is 60.8. The molecule has 5 fully saturated rings. The molecule has 0 radical (unpaired) electrons. The van der Waals surface area contributed by atoms with Crippen LogP contribution in [-0.2, 0) is 52.2 Å². The van der Waals surface area contributed by atoms with Crippen LogP contribution in [0.3, 0.4) is 0 Å². The molecule has 0 bridgehead atoms. The summed E-state index contributed by atoms with van der Waals surface area (Å²) in [4.78, 5) is 13.5. The zero-order chi connectivity index (χ0) is 71.7.